The third kappa shape index (κ3) is 1.71. The highest BCUT2D eigenvalue weighted by Gasteiger charge is 2.18. The lowest BCUT2D eigenvalue weighted by molar-refractivity contribution is -0.384. The summed E-state index contributed by atoms with van der Waals surface area (Å²) in [6.07, 6.45) is 0. The van der Waals surface area contributed by atoms with E-state index in [0.29, 0.717) is 5.82 Å². The fraction of sp³-hybridized carbons (Fsp3) is 0.200. The van der Waals surface area contributed by atoms with Crippen LogP contribution < -0.4 is 5.69 Å². The molecule has 1 aromatic carbocycles. The summed E-state index contributed by atoms with van der Waals surface area (Å²) in [5.41, 5.74) is -0.379. The van der Waals surface area contributed by atoms with Gasteiger partial charge in [0.2, 0.25) is 0 Å². The molecule has 7 heteroatoms. The van der Waals surface area contributed by atoms with Crippen molar-refractivity contribution in [2.45, 2.75) is 6.92 Å². The van der Waals surface area contributed by atoms with Gasteiger partial charge in [-0.2, -0.15) is 4.68 Å². The number of rotatable bonds is 2. The molecule has 0 bridgehead atoms. The number of aromatic nitrogens is 3. The lowest BCUT2D eigenvalue weighted by Crippen LogP contribution is -2.22. The molecule has 0 aliphatic rings. The summed E-state index contributed by atoms with van der Waals surface area (Å²) >= 11 is 0. The van der Waals surface area contributed by atoms with Crippen LogP contribution in [0, 0.1) is 17.0 Å². The number of nitro benzene ring substituents is 1. The smallest absolute Gasteiger partial charge is 0.282 e. The van der Waals surface area contributed by atoms with Gasteiger partial charge in [-0.3, -0.25) is 14.7 Å². The maximum Gasteiger partial charge on any atom is 0.350 e. The average Bonchev–Trinajstić information content (AvgIpc) is 2.57. The zero-order valence-corrected chi connectivity index (χ0v) is 9.32. The molecule has 0 saturated heterocycles. The standard InChI is InChI=1S/C10H10N4O3/c1-7-11-13(10(15)12(7)2)8-5-3-4-6-9(8)14(16)17/h3-6H,1-2H3. The Kier molecular flexibility index (Phi) is 2.51. The van der Waals surface area contributed by atoms with Crippen LogP contribution in [-0.4, -0.2) is 19.3 Å². The van der Waals surface area contributed by atoms with Crippen molar-refractivity contribution in [1.29, 1.82) is 0 Å². The number of nitro groups is 1. The van der Waals surface area contributed by atoms with Crippen LogP contribution in [0.5, 0.6) is 0 Å². The first-order chi connectivity index (χ1) is 8.02. The van der Waals surface area contributed by atoms with Gasteiger partial charge >= 0.3 is 5.69 Å². The minimum Gasteiger partial charge on any atom is -0.282 e. The lowest BCUT2D eigenvalue weighted by atomic mass is 10.3. The Hall–Kier alpha value is -2.44. The van der Waals surface area contributed by atoms with Crippen molar-refractivity contribution < 1.29 is 4.92 Å². The summed E-state index contributed by atoms with van der Waals surface area (Å²) in [5, 5.41) is 14.8. The Morgan fingerprint density at radius 1 is 1.35 bits per heavy atom. The van der Waals surface area contributed by atoms with Crippen LogP contribution >= 0.6 is 0 Å². The van der Waals surface area contributed by atoms with E-state index in [1.54, 1.807) is 26.1 Å². The monoisotopic (exact) mass is 234 g/mol. The summed E-state index contributed by atoms with van der Waals surface area (Å²) < 4.78 is 2.37. The van der Waals surface area contributed by atoms with Crippen molar-refractivity contribution in [3.05, 3.63) is 50.7 Å². The molecule has 2 rings (SSSR count). The maximum atomic E-state index is 11.8. The normalized spacial score (nSPS) is 10.5. The largest absolute Gasteiger partial charge is 0.350 e. The van der Waals surface area contributed by atoms with E-state index in [1.807, 2.05) is 0 Å². The maximum absolute atomic E-state index is 11.8. The molecule has 1 aromatic heterocycles. The van der Waals surface area contributed by atoms with E-state index in [1.165, 1.54) is 16.7 Å². The van der Waals surface area contributed by atoms with Crippen molar-refractivity contribution >= 4 is 5.69 Å². The highest BCUT2D eigenvalue weighted by Crippen LogP contribution is 2.19. The molecule has 0 unspecified atom stereocenters. The summed E-state index contributed by atoms with van der Waals surface area (Å²) in [6, 6.07) is 6.00. The SMILES string of the molecule is Cc1nn(-c2ccccc2[N+](=O)[O-])c(=O)n1C. The Morgan fingerprint density at radius 3 is 2.53 bits per heavy atom. The van der Waals surface area contributed by atoms with E-state index in [0.717, 1.165) is 4.68 Å². The van der Waals surface area contributed by atoms with Gasteiger partial charge in [-0.1, -0.05) is 12.1 Å². The molecule has 0 atom stereocenters. The van der Waals surface area contributed by atoms with Crippen LogP contribution in [-0.2, 0) is 7.05 Å². The van der Waals surface area contributed by atoms with Gasteiger partial charge in [0, 0.05) is 13.1 Å². The molecule has 0 aliphatic carbocycles. The third-order valence-electron chi connectivity index (χ3n) is 2.50. The fourth-order valence-corrected chi connectivity index (χ4v) is 1.49. The second kappa shape index (κ2) is 3.85. The van der Waals surface area contributed by atoms with Crippen LogP contribution in [0.3, 0.4) is 0 Å². The van der Waals surface area contributed by atoms with Crippen LogP contribution in [0.25, 0.3) is 5.69 Å². The summed E-state index contributed by atoms with van der Waals surface area (Å²) in [7, 11) is 1.57. The first-order valence-electron chi connectivity index (χ1n) is 4.89. The number of nitrogens with zero attached hydrogens (tertiary/aromatic N) is 4. The number of hydrogen-bond acceptors (Lipinski definition) is 4. The van der Waals surface area contributed by atoms with E-state index in [2.05, 4.69) is 5.10 Å². The van der Waals surface area contributed by atoms with Crippen LogP contribution in [0.1, 0.15) is 5.82 Å². The van der Waals surface area contributed by atoms with E-state index in [-0.39, 0.29) is 11.4 Å². The third-order valence-corrected chi connectivity index (χ3v) is 2.50. The topological polar surface area (TPSA) is 83.0 Å². The summed E-state index contributed by atoms with van der Waals surface area (Å²) in [4.78, 5) is 22.1. The molecule has 17 heavy (non-hydrogen) atoms. The van der Waals surface area contributed by atoms with E-state index >= 15 is 0 Å². The Bertz CT molecular complexity index is 641. The van der Waals surface area contributed by atoms with Gasteiger partial charge in [0.25, 0.3) is 5.69 Å². The van der Waals surface area contributed by atoms with Crippen molar-refractivity contribution in [1.82, 2.24) is 14.3 Å². The van der Waals surface area contributed by atoms with Gasteiger partial charge in [-0.15, -0.1) is 5.10 Å². The van der Waals surface area contributed by atoms with E-state index < -0.39 is 10.6 Å². The Labute approximate surface area is 96.1 Å². The Morgan fingerprint density at radius 2 is 2.00 bits per heavy atom. The Balaban J connectivity index is 2.73. The zero-order valence-electron chi connectivity index (χ0n) is 9.32. The van der Waals surface area contributed by atoms with Crippen molar-refractivity contribution in [2.75, 3.05) is 0 Å². The quantitative estimate of drug-likeness (QED) is 0.568. The molecule has 0 radical (unpaired) electrons. The molecule has 0 aliphatic heterocycles. The molecule has 0 amide bonds. The molecule has 2 aromatic rings. The first-order valence-corrected chi connectivity index (χ1v) is 4.89. The first kappa shape index (κ1) is 11.1. The van der Waals surface area contributed by atoms with E-state index in [9.17, 15) is 14.9 Å². The van der Waals surface area contributed by atoms with Gasteiger partial charge in [-0.25, -0.2) is 4.79 Å². The molecule has 0 spiro atoms. The second-order valence-electron chi connectivity index (χ2n) is 3.55. The highest BCUT2D eigenvalue weighted by molar-refractivity contribution is 5.51. The number of benzene rings is 1. The minimum atomic E-state index is -0.536. The zero-order chi connectivity index (χ0) is 12.6. The van der Waals surface area contributed by atoms with Crippen LogP contribution in [0.4, 0.5) is 5.69 Å². The number of para-hydroxylation sites is 2. The summed E-state index contributed by atoms with van der Waals surface area (Å²) in [6.45, 7) is 1.66. The molecular weight excluding hydrogens is 224 g/mol. The van der Waals surface area contributed by atoms with Gasteiger partial charge in [0.05, 0.1) is 4.92 Å². The molecule has 0 fully saturated rings. The molecule has 0 N–H and O–H groups in total. The summed E-state index contributed by atoms with van der Waals surface area (Å²) in [5.74, 6) is 0.494. The fourth-order valence-electron chi connectivity index (χ4n) is 1.49. The predicted molar refractivity (Wildman–Crippen MR) is 60.2 cm³/mol. The van der Waals surface area contributed by atoms with Crippen LogP contribution in [0.15, 0.2) is 29.1 Å². The van der Waals surface area contributed by atoms with E-state index in [4.69, 9.17) is 0 Å². The molecular formula is C10H10N4O3. The van der Waals surface area contributed by atoms with Gasteiger partial charge in [0.15, 0.2) is 0 Å². The number of aryl methyl sites for hydroxylation is 1. The highest BCUT2D eigenvalue weighted by atomic mass is 16.6. The van der Waals surface area contributed by atoms with Gasteiger partial charge in [0.1, 0.15) is 11.5 Å². The average molecular weight is 234 g/mol. The van der Waals surface area contributed by atoms with Crippen molar-refractivity contribution in [2.24, 2.45) is 7.05 Å². The molecule has 88 valence electrons. The predicted octanol–water partition coefficient (Wildman–Crippen LogP) is 0.788. The molecule has 1 heterocycles. The number of hydrogen-bond donors (Lipinski definition) is 0. The minimum absolute atomic E-state index is 0.146. The molecule has 7 nitrogen and oxygen atoms in total. The lowest BCUT2D eigenvalue weighted by Gasteiger charge is -2.00. The molecule has 0 saturated carbocycles. The van der Waals surface area contributed by atoms with Crippen molar-refractivity contribution in [3.8, 4) is 5.69 Å². The second-order valence-corrected chi connectivity index (χ2v) is 3.55. The van der Waals surface area contributed by atoms with Crippen LogP contribution in [0.2, 0.25) is 0 Å². The van der Waals surface area contributed by atoms with Gasteiger partial charge < -0.3 is 0 Å². The van der Waals surface area contributed by atoms with Crippen molar-refractivity contribution in [3.63, 3.8) is 0 Å². The van der Waals surface area contributed by atoms with Gasteiger partial charge in [-0.05, 0) is 13.0 Å².